The van der Waals surface area contributed by atoms with Crippen LogP contribution < -0.4 is 14.8 Å². The van der Waals surface area contributed by atoms with Gasteiger partial charge in [0.25, 0.3) is 5.91 Å². The molecule has 0 saturated carbocycles. The molecule has 2 aromatic carbocycles. The number of nitrogens with zero attached hydrogens (tertiary/aromatic N) is 1. The number of carbonyl (C=O) groups is 1. The molecule has 1 aliphatic rings. The lowest BCUT2D eigenvalue weighted by atomic mass is 10.1. The molecular weight excluding hydrogens is 429 g/mol. The highest BCUT2D eigenvalue weighted by Gasteiger charge is 2.30. The zero-order valence-electron chi connectivity index (χ0n) is 13.4. The van der Waals surface area contributed by atoms with Crippen LogP contribution in [0.15, 0.2) is 46.4 Å². The number of alkyl halides is 3. The molecule has 0 spiro atoms. The number of benzene rings is 2. The van der Waals surface area contributed by atoms with Crippen LogP contribution in [-0.4, -0.2) is 12.7 Å². The minimum absolute atomic E-state index is 0.0656. The Morgan fingerprint density at radius 1 is 1.22 bits per heavy atom. The largest absolute Gasteiger partial charge is 0.454 e. The zero-order valence-corrected chi connectivity index (χ0v) is 15.0. The Balaban J connectivity index is 1.85. The lowest BCUT2D eigenvalue weighted by Gasteiger charge is -2.09. The van der Waals surface area contributed by atoms with E-state index in [9.17, 15) is 23.2 Å². The number of rotatable bonds is 3. The number of amides is 1. The van der Waals surface area contributed by atoms with Crippen molar-refractivity contribution in [1.82, 2.24) is 0 Å². The Labute approximate surface area is 160 Å². The summed E-state index contributed by atoms with van der Waals surface area (Å²) in [5.74, 6) is 0.146. The van der Waals surface area contributed by atoms with Crippen LogP contribution in [0.1, 0.15) is 11.1 Å². The second kappa shape index (κ2) is 7.32. The van der Waals surface area contributed by atoms with E-state index in [0.29, 0.717) is 21.5 Å². The quantitative estimate of drug-likeness (QED) is 0.554. The van der Waals surface area contributed by atoms with Gasteiger partial charge in [-0.25, -0.2) is 0 Å². The molecule has 1 amide bonds. The third-order valence-electron chi connectivity index (χ3n) is 3.60. The maximum atomic E-state index is 12.8. The Bertz CT molecular complexity index is 981. The summed E-state index contributed by atoms with van der Waals surface area (Å²) in [6, 6.07) is 9.12. The van der Waals surface area contributed by atoms with Gasteiger partial charge in [0.1, 0.15) is 11.6 Å². The predicted molar refractivity (Wildman–Crippen MR) is 93.9 cm³/mol. The summed E-state index contributed by atoms with van der Waals surface area (Å²) in [7, 11) is 0. The Morgan fingerprint density at radius 3 is 2.59 bits per heavy atom. The molecule has 0 radical (unpaired) electrons. The molecule has 138 valence electrons. The van der Waals surface area contributed by atoms with Crippen LogP contribution >= 0.6 is 15.9 Å². The first-order valence-electron chi connectivity index (χ1n) is 7.47. The first-order chi connectivity index (χ1) is 12.8. The molecule has 0 aliphatic carbocycles. The molecule has 0 atom stereocenters. The van der Waals surface area contributed by atoms with Crippen molar-refractivity contribution < 1.29 is 27.4 Å². The van der Waals surface area contributed by atoms with E-state index in [1.807, 2.05) is 0 Å². The van der Waals surface area contributed by atoms with Crippen molar-refractivity contribution in [3.63, 3.8) is 0 Å². The Kier molecular flexibility index (Phi) is 5.10. The maximum Gasteiger partial charge on any atom is 0.416 e. The minimum Gasteiger partial charge on any atom is -0.454 e. The fourth-order valence-electron chi connectivity index (χ4n) is 2.32. The van der Waals surface area contributed by atoms with Crippen LogP contribution in [0.3, 0.4) is 0 Å². The molecule has 1 aliphatic heterocycles. The maximum absolute atomic E-state index is 12.8. The number of halogens is 4. The molecule has 27 heavy (non-hydrogen) atoms. The topological polar surface area (TPSA) is 71.3 Å². The van der Waals surface area contributed by atoms with E-state index in [4.69, 9.17) is 9.47 Å². The van der Waals surface area contributed by atoms with E-state index >= 15 is 0 Å². The number of nitrogens with one attached hydrogen (secondary N) is 1. The fraction of sp³-hybridized carbons (Fsp3) is 0.111. The molecule has 2 aromatic rings. The van der Waals surface area contributed by atoms with Gasteiger partial charge in [-0.15, -0.1) is 0 Å². The number of hydrogen-bond donors (Lipinski definition) is 1. The average molecular weight is 439 g/mol. The molecule has 0 aromatic heterocycles. The van der Waals surface area contributed by atoms with Gasteiger partial charge in [-0.3, -0.25) is 4.79 Å². The van der Waals surface area contributed by atoms with Gasteiger partial charge >= 0.3 is 6.18 Å². The van der Waals surface area contributed by atoms with E-state index in [2.05, 4.69) is 21.2 Å². The highest BCUT2D eigenvalue weighted by molar-refractivity contribution is 9.10. The molecule has 0 fully saturated rings. The van der Waals surface area contributed by atoms with Gasteiger partial charge in [0.15, 0.2) is 11.5 Å². The molecule has 0 saturated heterocycles. The van der Waals surface area contributed by atoms with Gasteiger partial charge in [-0.1, -0.05) is 22.0 Å². The van der Waals surface area contributed by atoms with Gasteiger partial charge < -0.3 is 14.8 Å². The summed E-state index contributed by atoms with van der Waals surface area (Å²) in [5, 5.41) is 11.6. The third kappa shape index (κ3) is 4.23. The van der Waals surface area contributed by atoms with Crippen LogP contribution in [0.4, 0.5) is 18.9 Å². The molecule has 0 bridgehead atoms. The van der Waals surface area contributed by atoms with Gasteiger partial charge in [0.2, 0.25) is 6.79 Å². The lowest BCUT2D eigenvalue weighted by Crippen LogP contribution is -2.14. The van der Waals surface area contributed by atoms with Gasteiger partial charge in [-0.05, 0) is 42.0 Å². The highest BCUT2D eigenvalue weighted by atomic mass is 79.9. The monoisotopic (exact) mass is 438 g/mol. The SMILES string of the molecule is N#CC(=Cc1cc2c(cc1Br)OCO2)C(=O)Nc1cccc(C(F)(F)F)c1. The summed E-state index contributed by atoms with van der Waals surface area (Å²) in [6.07, 6.45) is -3.24. The van der Waals surface area contributed by atoms with Crippen LogP contribution in [0.2, 0.25) is 0 Å². The summed E-state index contributed by atoms with van der Waals surface area (Å²) in [4.78, 5) is 12.3. The number of fused-ring (bicyclic) bond motifs is 1. The van der Waals surface area contributed by atoms with E-state index < -0.39 is 17.6 Å². The molecule has 5 nitrogen and oxygen atoms in total. The van der Waals surface area contributed by atoms with Crippen molar-refractivity contribution in [2.24, 2.45) is 0 Å². The van der Waals surface area contributed by atoms with Crippen molar-refractivity contribution >= 4 is 33.6 Å². The summed E-state index contributed by atoms with van der Waals surface area (Å²) in [5.41, 5.74) is -0.774. The number of anilines is 1. The van der Waals surface area contributed by atoms with E-state index in [1.54, 1.807) is 18.2 Å². The third-order valence-corrected chi connectivity index (χ3v) is 4.29. The zero-order chi connectivity index (χ0) is 19.6. The summed E-state index contributed by atoms with van der Waals surface area (Å²) < 4.78 is 49.3. The van der Waals surface area contributed by atoms with Crippen molar-refractivity contribution in [2.45, 2.75) is 6.18 Å². The van der Waals surface area contributed by atoms with Gasteiger partial charge in [-0.2, -0.15) is 18.4 Å². The highest BCUT2D eigenvalue weighted by Crippen LogP contribution is 2.37. The van der Waals surface area contributed by atoms with Crippen molar-refractivity contribution in [1.29, 1.82) is 5.26 Å². The summed E-state index contributed by atoms with van der Waals surface area (Å²) >= 11 is 3.31. The Morgan fingerprint density at radius 2 is 1.93 bits per heavy atom. The fourth-order valence-corrected chi connectivity index (χ4v) is 2.76. The second-order valence-electron chi connectivity index (χ2n) is 5.43. The smallest absolute Gasteiger partial charge is 0.416 e. The molecule has 1 heterocycles. The van der Waals surface area contributed by atoms with Crippen LogP contribution in [0, 0.1) is 11.3 Å². The number of hydrogen-bond acceptors (Lipinski definition) is 4. The average Bonchev–Trinajstić information content (AvgIpc) is 3.06. The van der Waals surface area contributed by atoms with Crippen LogP contribution in [-0.2, 0) is 11.0 Å². The molecular formula is C18H10BrF3N2O3. The number of nitriles is 1. The normalized spacial score (nSPS) is 13.2. The first kappa shape index (κ1) is 18.8. The summed E-state index contributed by atoms with van der Waals surface area (Å²) in [6.45, 7) is 0.0656. The minimum atomic E-state index is -4.54. The molecule has 9 heteroatoms. The van der Waals surface area contributed by atoms with Crippen molar-refractivity contribution in [3.05, 3.63) is 57.6 Å². The lowest BCUT2D eigenvalue weighted by molar-refractivity contribution is -0.137. The van der Waals surface area contributed by atoms with E-state index in [0.717, 1.165) is 12.1 Å². The Hall–Kier alpha value is -2.99. The molecule has 1 N–H and O–H groups in total. The standard InChI is InChI=1S/C18H10BrF3N2O3/c19-14-7-16-15(26-9-27-16)5-10(14)4-11(8-23)17(25)24-13-3-1-2-12(6-13)18(20,21)22/h1-7H,9H2,(H,24,25). The van der Waals surface area contributed by atoms with Crippen LogP contribution in [0.5, 0.6) is 11.5 Å². The van der Waals surface area contributed by atoms with Crippen LogP contribution in [0.25, 0.3) is 6.08 Å². The second-order valence-corrected chi connectivity index (χ2v) is 6.28. The molecule has 0 unspecified atom stereocenters. The molecule has 3 rings (SSSR count). The van der Waals surface area contributed by atoms with E-state index in [1.165, 1.54) is 18.2 Å². The first-order valence-corrected chi connectivity index (χ1v) is 8.27. The van der Waals surface area contributed by atoms with E-state index in [-0.39, 0.29) is 18.1 Å². The van der Waals surface area contributed by atoms with Gasteiger partial charge in [0, 0.05) is 10.2 Å². The van der Waals surface area contributed by atoms with Gasteiger partial charge in [0.05, 0.1) is 5.56 Å². The predicted octanol–water partition coefficient (Wildman–Crippen LogP) is 4.74. The van der Waals surface area contributed by atoms with Crippen molar-refractivity contribution in [3.8, 4) is 17.6 Å². The number of ether oxygens (including phenoxy) is 2. The van der Waals surface area contributed by atoms with Crippen molar-refractivity contribution in [2.75, 3.05) is 12.1 Å². The number of carbonyl (C=O) groups excluding carboxylic acids is 1.